The predicted octanol–water partition coefficient (Wildman–Crippen LogP) is 6.25. The van der Waals surface area contributed by atoms with E-state index in [0.717, 1.165) is 34.3 Å². The number of unbranched alkanes of at least 4 members (excludes halogenated alkanes) is 3. The van der Waals surface area contributed by atoms with Crippen LogP contribution in [0.2, 0.25) is 0 Å². The van der Waals surface area contributed by atoms with Crippen LogP contribution < -0.4 is 10.1 Å². The van der Waals surface area contributed by atoms with Gasteiger partial charge in [0.05, 0.1) is 17.8 Å². The summed E-state index contributed by atoms with van der Waals surface area (Å²) in [5.74, 6) is 1.82. The van der Waals surface area contributed by atoms with Gasteiger partial charge in [0.25, 0.3) is 5.91 Å². The van der Waals surface area contributed by atoms with E-state index in [1.54, 1.807) is 16.8 Å². The van der Waals surface area contributed by atoms with E-state index in [-0.39, 0.29) is 5.91 Å². The number of hydrogen-bond donors (Lipinski definition) is 1. The summed E-state index contributed by atoms with van der Waals surface area (Å²) in [5.41, 5.74) is 3.35. The topological polar surface area (TPSA) is 69.0 Å². The van der Waals surface area contributed by atoms with Crippen LogP contribution in [-0.2, 0) is 0 Å². The van der Waals surface area contributed by atoms with E-state index >= 15 is 0 Å². The highest BCUT2D eigenvalue weighted by atomic mass is 16.5. The van der Waals surface area contributed by atoms with E-state index in [2.05, 4.69) is 30.3 Å². The lowest BCUT2D eigenvalue weighted by atomic mass is 10.1. The van der Waals surface area contributed by atoms with Gasteiger partial charge in [0, 0.05) is 17.0 Å². The molecule has 2 heterocycles. The van der Waals surface area contributed by atoms with Crippen molar-refractivity contribution >= 4 is 22.6 Å². The molecule has 0 aliphatic carbocycles. The number of nitrogens with zero attached hydrogens (tertiary/aromatic N) is 3. The fourth-order valence-corrected chi connectivity index (χ4v) is 3.81. The number of hydrogen-bond acceptors (Lipinski definition) is 4. The van der Waals surface area contributed by atoms with Crippen LogP contribution in [0.25, 0.3) is 16.7 Å². The van der Waals surface area contributed by atoms with E-state index < -0.39 is 0 Å². The molecule has 4 aromatic rings. The van der Waals surface area contributed by atoms with Crippen molar-refractivity contribution in [1.82, 2.24) is 14.8 Å². The van der Waals surface area contributed by atoms with Crippen molar-refractivity contribution in [3.05, 3.63) is 77.5 Å². The molecule has 0 unspecified atom stereocenters. The minimum atomic E-state index is -0.205. The molecular weight excluding hydrogens is 412 g/mol. The van der Waals surface area contributed by atoms with E-state index in [0.29, 0.717) is 23.8 Å². The molecule has 4 rings (SSSR count). The van der Waals surface area contributed by atoms with E-state index in [9.17, 15) is 4.79 Å². The SMILES string of the molecule is CCCCCCOc1ccc(C(=O)Nc2cc(C)nn2-c2cc(C)c3ccccc3n2)cc1. The zero-order chi connectivity index (χ0) is 23.2. The first-order valence-corrected chi connectivity index (χ1v) is 11.5. The molecule has 33 heavy (non-hydrogen) atoms. The number of pyridine rings is 1. The Hall–Kier alpha value is -3.67. The smallest absolute Gasteiger partial charge is 0.256 e. The quantitative estimate of drug-likeness (QED) is 0.311. The molecule has 0 radical (unpaired) electrons. The van der Waals surface area contributed by atoms with Crippen molar-refractivity contribution < 1.29 is 9.53 Å². The van der Waals surface area contributed by atoms with Crippen LogP contribution in [-0.4, -0.2) is 27.3 Å². The van der Waals surface area contributed by atoms with Gasteiger partial charge in [-0.25, -0.2) is 4.98 Å². The Morgan fingerprint density at radius 1 is 1.00 bits per heavy atom. The van der Waals surface area contributed by atoms with E-state index in [1.165, 1.54) is 19.3 Å². The predicted molar refractivity (Wildman–Crippen MR) is 132 cm³/mol. The molecule has 1 amide bonds. The molecule has 2 aromatic heterocycles. The number of aromatic nitrogens is 3. The zero-order valence-electron chi connectivity index (χ0n) is 19.5. The highest BCUT2D eigenvalue weighted by Gasteiger charge is 2.14. The molecule has 2 aromatic carbocycles. The van der Waals surface area contributed by atoms with E-state index in [4.69, 9.17) is 9.72 Å². The average Bonchev–Trinajstić information content (AvgIpc) is 3.19. The molecule has 0 aliphatic rings. The first kappa shape index (κ1) is 22.5. The summed E-state index contributed by atoms with van der Waals surface area (Å²) in [6.07, 6.45) is 4.66. The number of amides is 1. The van der Waals surface area contributed by atoms with Gasteiger partial charge in [-0.3, -0.25) is 4.79 Å². The average molecular weight is 443 g/mol. The molecule has 0 aliphatic heterocycles. The molecule has 6 nitrogen and oxygen atoms in total. The van der Waals surface area contributed by atoms with Gasteiger partial charge in [0.1, 0.15) is 11.6 Å². The number of para-hydroxylation sites is 1. The van der Waals surface area contributed by atoms with Crippen LogP contribution in [0.5, 0.6) is 5.75 Å². The number of nitrogens with one attached hydrogen (secondary N) is 1. The van der Waals surface area contributed by atoms with Crippen LogP contribution in [0.4, 0.5) is 5.82 Å². The Balaban J connectivity index is 1.48. The summed E-state index contributed by atoms with van der Waals surface area (Å²) >= 11 is 0. The number of benzene rings is 2. The second-order valence-electron chi connectivity index (χ2n) is 8.28. The summed E-state index contributed by atoms with van der Waals surface area (Å²) in [7, 11) is 0. The van der Waals surface area contributed by atoms with Crippen LogP contribution in [0.15, 0.2) is 60.7 Å². The number of carbonyl (C=O) groups is 1. The number of carbonyl (C=O) groups excluding carboxylic acids is 1. The van der Waals surface area contributed by atoms with Crippen molar-refractivity contribution in [2.24, 2.45) is 0 Å². The summed E-state index contributed by atoms with van der Waals surface area (Å²) in [6, 6.07) is 19.1. The monoisotopic (exact) mass is 442 g/mol. The Bertz CT molecular complexity index is 1240. The van der Waals surface area contributed by atoms with Crippen molar-refractivity contribution in [3.8, 4) is 11.6 Å². The molecule has 0 fully saturated rings. The maximum absolute atomic E-state index is 12.9. The van der Waals surface area contributed by atoms with Gasteiger partial charge in [-0.2, -0.15) is 9.78 Å². The normalized spacial score (nSPS) is 11.0. The largest absolute Gasteiger partial charge is 0.494 e. The Kier molecular flexibility index (Phi) is 7.03. The van der Waals surface area contributed by atoms with Crippen molar-refractivity contribution in [2.75, 3.05) is 11.9 Å². The van der Waals surface area contributed by atoms with Gasteiger partial charge in [-0.15, -0.1) is 0 Å². The first-order chi connectivity index (χ1) is 16.0. The third-order valence-electron chi connectivity index (χ3n) is 5.58. The van der Waals surface area contributed by atoms with Gasteiger partial charge in [0.2, 0.25) is 0 Å². The van der Waals surface area contributed by atoms with Crippen LogP contribution in [0.1, 0.15) is 54.2 Å². The summed E-state index contributed by atoms with van der Waals surface area (Å²) < 4.78 is 7.46. The van der Waals surface area contributed by atoms with Crippen LogP contribution >= 0.6 is 0 Å². The van der Waals surface area contributed by atoms with Gasteiger partial charge in [-0.1, -0.05) is 44.4 Å². The summed E-state index contributed by atoms with van der Waals surface area (Å²) in [6.45, 7) is 6.84. The fourth-order valence-electron chi connectivity index (χ4n) is 3.81. The summed E-state index contributed by atoms with van der Waals surface area (Å²) in [5, 5.41) is 8.64. The summed E-state index contributed by atoms with van der Waals surface area (Å²) in [4.78, 5) is 17.7. The molecule has 0 bridgehead atoms. The third-order valence-corrected chi connectivity index (χ3v) is 5.58. The highest BCUT2D eigenvalue weighted by Crippen LogP contribution is 2.23. The van der Waals surface area contributed by atoms with Crippen LogP contribution in [0.3, 0.4) is 0 Å². The molecular formula is C27H30N4O2. The first-order valence-electron chi connectivity index (χ1n) is 11.5. The minimum Gasteiger partial charge on any atom is -0.494 e. The maximum atomic E-state index is 12.9. The second kappa shape index (κ2) is 10.3. The molecule has 0 saturated carbocycles. The standard InChI is InChI=1S/C27H30N4O2/c1-4-5-6-9-16-33-22-14-12-21(13-15-22)27(32)29-26-18-20(3)30-31(26)25-17-19(2)23-10-7-8-11-24(23)28-25/h7-8,10-15,17-18H,4-6,9,16H2,1-3H3,(H,29,32). The Morgan fingerprint density at radius 3 is 2.58 bits per heavy atom. The van der Waals surface area contributed by atoms with Gasteiger partial charge < -0.3 is 10.1 Å². The highest BCUT2D eigenvalue weighted by molar-refractivity contribution is 6.04. The number of rotatable bonds is 9. The van der Waals surface area contributed by atoms with E-state index in [1.807, 2.05) is 49.4 Å². The lowest BCUT2D eigenvalue weighted by molar-refractivity contribution is 0.102. The minimum absolute atomic E-state index is 0.205. The Morgan fingerprint density at radius 2 is 1.79 bits per heavy atom. The maximum Gasteiger partial charge on any atom is 0.256 e. The van der Waals surface area contributed by atoms with Crippen molar-refractivity contribution in [2.45, 2.75) is 46.5 Å². The number of anilines is 1. The molecule has 1 N–H and O–H groups in total. The third kappa shape index (κ3) is 5.40. The van der Waals surface area contributed by atoms with Crippen molar-refractivity contribution in [1.29, 1.82) is 0 Å². The lowest BCUT2D eigenvalue weighted by Crippen LogP contribution is -2.15. The molecule has 0 atom stereocenters. The van der Waals surface area contributed by atoms with Crippen molar-refractivity contribution in [3.63, 3.8) is 0 Å². The lowest BCUT2D eigenvalue weighted by Gasteiger charge is -2.11. The number of ether oxygens (including phenoxy) is 1. The second-order valence-corrected chi connectivity index (χ2v) is 8.28. The molecule has 0 saturated heterocycles. The number of aryl methyl sites for hydroxylation is 2. The molecule has 0 spiro atoms. The number of fused-ring (bicyclic) bond motifs is 1. The Labute approximate surface area is 194 Å². The zero-order valence-corrected chi connectivity index (χ0v) is 19.5. The fraction of sp³-hybridized carbons (Fsp3) is 0.296. The van der Waals surface area contributed by atoms with Gasteiger partial charge in [-0.05, 0) is 62.2 Å². The van der Waals surface area contributed by atoms with Gasteiger partial charge in [0.15, 0.2) is 5.82 Å². The molecule has 170 valence electrons. The molecule has 6 heteroatoms. The van der Waals surface area contributed by atoms with Crippen LogP contribution in [0, 0.1) is 13.8 Å². The van der Waals surface area contributed by atoms with Gasteiger partial charge >= 0.3 is 0 Å².